The maximum atomic E-state index is 12.4. The molecule has 2 aromatic rings. The first kappa shape index (κ1) is 20.1. The van der Waals surface area contributed by atoms with Crippen LogP contribution in [0.25, 0.3) is 0 Å². The van der Waals surface area contributed by atoms with Crippen LogP contribution in [0.1, 0.15) is 39.7 Å². The van der Waals surface area contributed by atoms with Gasteiger partial charge >= 0.3 is 0 Å². The molecule has 0 atom stereocenters. The van der Waals surface area contributed by atoms with E-state index >= 15 is 0 Å². The number of hydrogen-bond acceptors (Lipinski definition) is 7. The molecule has 3 rings (SSSR count). The normalized spacial score (nSPS) is 15.0. The van der Waals surface area contributed by atoms with Crippen molar-refractivity contribution in [3.05, 3.63) is 34.5 Å². The van der Waals surface area contributed by atoms with Crippen molar-refractivity contribution in [1.29, 1.82) is 0 Å². The van der Waals surface area contributed by atoms with Gasteiger partial charge in [0, 0.05) is 57.3 Å². The monoisotopic (exact) mass is 389 g/mol. The molecule has 0 unspecified atom stereocenters. The van der Waals surface area contributed by atoms with E-state index in [1.165, 1.54) is 0 Å². The van der Waals surface area contributed by atoms with Crippen molar-refractivity contribution in [3.8, 4) is 0 Å². The molecule has 1 aliphatic rings. The van der Waals surface area contributed by atoms with Gasteiger partial charge in [0.2, 0.25) is 5.91 Å². The third-order valence-electron chi connectivity index (χ3n) is 5.04. The van der Waals surface area contributed by atoms with Crippen LogP contribution >= 0.6 is 0 Å². The second-order valence-corrected chi connectivity index (χ2v) is 7.11. The van der Waals surface area contributed by atoms with Crippen molar-refractivity contribution in [2.75, 3.05) is 39.3 Å². The van der Waals surface area contributed by atoms with Gasteiger partial charge in [-0.25, -0.2) is 0 Å². The molecule has 1 saturated heterocycles. The summed E-state index contributed by atoms with van der Waals surface area (Å²) in [7, 11) is 0. The van der Waals surface area contributed by atoms with Crippen LogP contribution in [0.3, 0.4) is 0 Å². The average molecular weight is 389 g/mol. The van der Waals surface area contributed by atoms with E-state index in [4.69, 9.17) is 9.05 Å². The second-order valence-electron chi connectivity index (χ2n) is 7.11. The van der Waals surface area contributed by atoms with E-state index in [9.17, 15) is 9.59 Å². The van der Waals surface area contributed by atoms with Gasteiger partial charge in [0.15, 0.2) is 5.69 Å². The number of aromatic nitrogens is 2. The summed E-state index contributed by atoms with van der Waals surface area (Å²) in [5, 5.41) is 10.7. The summed E-state index contributed by atoms with van der Waals surface area (Å²) in [5.74, 6) is 1.34. The van der Waals surface area contributed by atoms with Gasteiger partial charge in [-0.05, 0) is 27.2 Å². The number of nitrogens with zero attached hydrogens (tertiary/aromatic N) is 4. The maximum Gasteiger partial charge on any atom is 0.276 e. The Morgan fingerprint density at radius 2 is 1.86 bits per heavy atom. The van der Waals surface area contributed by atoms with E-state index < -0.39 is 0 Å². The molecule has 152 valence electrons. The smallest absolute Gasteiger partial charge is 0.276 e. The van der Waals surface area contributed by atoms with E-state index in [1.807, 2.05) is 13.8 Å². The molecule has 9 heteroatoms. The summed E-state index contributed by atoms with van der Waals surface area (Å²) in [6.07, 6.45) is 1.05. The molecule has 2 aromatic heterocycles. The Labute approximate surface area is 164 Å². The molecular weight excluding hydrogens is 362 g/mol. The van der Waals surface area contributed by atoms with Gasteiger partial charge in [0.1, 0.15) is 11.5 Å². The Balaban J connectivity index is 1.33. The van der Waals surface area contributed by atoms with E-state index in [0.29, 0.717) is 43.9 Å². The predicted octanol–water partition coefficient (Wildman–Crippen LogP) is 1.09. The Kier molecular flexibility index (Phi) is 6.45. The van der Waals surface area contributed by atoms with E-state index in [0.717, 1.165) is 36.7 Å². The third kappa shape index (κ3) is 4.98. The highest BCUT2D eigenvalue weighted by Crippen LogP contribution is 2.14. The molecule has 0 aromatic carbocycles. The summed E-state index contributed by atoms with van der Waals surface area (Å²) < 4.78 is 10.1. The van der Waals surface area contributed by atoms with Gasteiger partial charge in [-0.3, -0.25) is 14.5 Å². The van der Waals surface area contributed by atoms with Crippen LogP contribution in [-0.4, -0.2) is 71.2 Å². The number of hydrogen-bond donors (Lipinski definition) is 1. The minimum Gasteiger partial charge on any atom is -0.361 e. The van der Waals surface area contributed by atoms with Crippen molar-refractivity contribution < 1.29 is 18.6 Å². The molecule has 1 N–H and O–H groups in total. The summed E-state index contributed by atoms with van der Waals surface area (Å²) in [5.41, 5.74) is 2.22. The van der Waals surface area contributed by atoms with Crippen LogP contribution in [0.5, 0.6) is 0 Å². The minimum atomic E-state index is -0.0934. The van der Waals surface area contributed by atoms with Crippen molar-refractivity contribution in [2.45, 2.75) is 33.6 Å². The molecule has 1 aliphatic heterocycles. The molecule has 2 amide bonds. The number of amides is 2. The number of rotatable bonds is 7. The average Bonchev–Trinajstić information content (AvgIpc) is 3.25. The molecule has 0 saturated carbocycles. The fourth-order valence-electron chi connectivity index (χ4n) is 3.34. The molecule has 28 heavy (non-hydrogen) atoms. The maximum absolute atomic E-state index is 12.4. The van der Waals surface area contributed by atoms with Crippen LogP contribution < -0.4 is 5.32 Å². The first-order valence-electron chi connectivity index (χ1n) is 9.57. The van der Waals surface area contributed by atoms with Gasteiger partial charge in [0.25, 0.3) is 5.91 Å². The van der Waals surface area contributed by atoms with Crippen LogP contribution in [0.2, 0.25) is 0 Å². The number of aryl methyl sites for hydroxylation is 3. The summed E-state index contributed by atoms with van der Waals surface area (Å²) in [6.45, 7) is 9.72. The Bertz CT molecular complexity index is 801. The number of carbonyl (C=O) groups is 2. The molecular formula is C19H27N5O4. The molecule has 9 nitrogen and oxygen atoms in total. The highest BCUT2D eigenvalue weighted by atomic mass is 16.5. The molecule has 0 bridgehead atoms. The largest absolute Gasteiger partial charge is 0.361 e. The van der Waals surface area contributed by atoms with E-state index in [2.05, 4.69) is 20.5 Å². The zero-order valence-corrected chi connectivity index (χ0v) is 16.7. The Morgan fingerprint density at radius 3 is 2.46 bits per heavy atom. The second kappa shape index (κ2) is 9.01. The zero-order valence-electron chi connectivity index (χ0n) is 16.7. The lowest BCUT2D eigenvalue weighted by atomic mass is 10.1. The van der Waals surface area contributed by atoms with Crippen LogP contribution in [-0.2, 0) is 11.2 Å². The number of nitrogens with one attached hydrogen (secondary N) is 1. The molecule has 0 radical (unpaired) electrons. The van der Waals surface area contributed by atoms with Gasteiger partial charge in [-0.1, -0.05) is 10.3 Å². The standard InChI is InChI=1S/C19H27N5O4/c1-13-12-17(22-27-13)19(26)24-10-8-23(9-11-24)7-6-20-18(25)5-4-16-14(2)21-28-15(16)3/h12H,4-11H2,1-3H3,(H,20,25). The Hall–Kier alpha value is -2.68. The summed E-state index contributed by atoms with van der Waals surface area (Å²) in [6, 6.07) is 1.66. The third-order valence-corrected chi connectivity index (χ3v) is 5.04. The SMILES string of the molecule is Cc1cc(C(=O)N2CCN(CCNC(=O)CCc3c(C)noc3C)CC2)no1. The van der Waals surface area contributed by atoms with Crippen molar-refractivity contribution in [3.63, 3.8) is 0 Å². The first-order chi connectivity index (χ1) is 13.4. The number of piperazine rings is 1. The molecule has 1 fully saturated rings. The molecule has 0 spiro atoms. The zero-order chi connectivity index (χ0) is 20.1. The highest BCUT2D eigenvalue weighted by Gasteiger charge is 2.24. The topological polar surface area (TPSA) is 105 Å². The van der Waals surface area contributed by atoms with Gasteiger partial charge in [-0.2, -0.15) is 0 Å². The highest BCUT2D eigenvalue weighted by molar-refractivity contribution is 5.92. The fourth-order valence-corrected chi connectivity index (χ4v) is 3.34. The van der Waals surface area contributed by atoms with Crippen molar-refractivity contribution in [2.24, 2.45) is 0 Å². The Morgan fingerprint density at radius 1 is 1.11 bits per heavy atom. The van der Waals surface area contributed by atoms with Crippen molar-refractivity contribution >= 4 is 11.8 Å². The van der Waals surface area contributed by atoms with Crippen LogP contribution in [0, 0.1) is 20.8 Å². The lowest BCUT2D eigenvalue weighted by molar-refractivity contribution is -0.121. The van der Waals surface area contributed by atoms with Gasteiger partial charge in [-0.15, -0.1) is 0 Å². The quantitative estimate of drug-likeness (QED) is 0.756. The lowest BCUT2D eigenvalue weighted by Crippen LogP contribution is -2.50. The minimum absolute atomic E-state index is 0.0233. The van der Waals surface area contributed by atoms with Gasteiger partial charge in [0.05, 0.1) is 5.69 Å². The van der Waals surface area contributed by atoms with E-state index in [1.54, 1.807) is 17.9 Å². The first-order valence-corrected chi connectivity index (χ1v) is 9.57. The fraction of sp³-hybridized carbons (Fsp3) is 0.579. The summed E-state index contributed by atoms with van der Waals surface area (Å²) in [4.78, 5) is 28.4. The molecule has 0 aliphatic carbocycles. The summed E-state index contributed by atoms with van der Waals surface area (Å²) >= 11 is 0. The predicted molar refractivity (Wildman–Crippen MR) is 101 cm³/mol. The molecule has 3 heterocycles. The number of carbonyl (C=O) groups excluding carboxylic acids is 2. The van der Waals surface area contributed by atoms with Crippen LogP contribution in [0.15, 0.2) is 15.1 Å². The van der Waals surface area contributed by atoms with Gasteiger partial charge < -0.3 is 19.3 Å². The lowest BCUT2D eigenvalue weighted by Gasteiger charge is -2.34. The van der Waals surface area contributed by atoms with Crippen LogP contribution in [0.4, 0.5) is 0 Å². The van der Waals surface area contributed by atoms with Crippen molar-refractivity contribution in [1.82, 2.24) is 25.4 Å². The van der Waals surface area contributed by atoms with E-state index in [-0.39, 0.29) is 11.8 Å².